The lowest BCUT2D eigenvalue weighted by Crippen LogP contribution is -2.12. The minimum atomic E-state index is -0.204. The number of methoxy groups -OCH3 is 1. The molecule has 0 saturated heterocycles. The first-order valence-corrected chi connectivity index (χ1v) is 13.0. The number of benzene rings is 3. The molecule has 6 rings (SSSR count). The number of aryl methyl sites for hydroxylation is 2. The maximum atomic E-state index is 13.2. The van der Waals surface area contributed by atoms with Crippen LogP contribution in [0.4, 0.5) is 5.69 Å². The molecule has 0 saturated carbocycles. The summed E-state index contributed by atoms with van der Waals surface area (Å²) in [6.45, 7) is 2.18. The third kappa shape index (κ3) is 5.26. The van der Waals surface area contributed by atoms with E-state index in [4.69, 9.17) is 9.47 Å². The molecule has 0 bridgehead atoms. The van der Waals surface area contributed by atoms with Crippen LogP contribution >= 0.6 is 0 Å². The van der Waals surface area contributed by atoms with E-state index < -0.39 is 0 Å². The molecule has 0 aliphatic carbocycles. The highest BCUT2D eigenvalue weighted by Crippen LogP contribution is 2.33. The third-order valence-electron chi connectivity index (χ3n) is 6.86. The van der Waals surface area contributed by atoms with Gasteiger partial charge in [0.1, 0.15) is 11.4 Å². The lowest BCUT2D eigenvalue weighted by molar-refractivity contribution is 0.0511. The van der Waals surface area contributed by atoms with E-state index in [1.807, 2.05) is 86.8 Å². The van der Waals surface area contributed by atoms with Crippen molar-refractivity contribution in [1.82, 2.24) is 19.2 Å². The Hall–Kier alpha value is -5.39. The van der Waals surface area contributed by atoms with Gasteiger partial charge >= 0.3 is 0 Å². The average Bonchev–Trinajstić information content (AvgIpc) is 3.56. The fraction of sp³-hybridized carbons (Fsp3) is 0.121. The lowest BCUT2D eigenvalue weighted by atomic mass is 10.0. The molecule has 1 N–H and O–H groups in total. The van der Waals surface area contributed by atoms with Crippen LogP contribution in [0.1, 0.15) is 27.2 Å². The predicted molar refractivity (Wildman–Crippen MR) is 159 cm³/mol. The maximum Gasteiger partial charge on any atom is 0.255 e. The molecule has 6 aromatic rings. The van der Waals surface area contributed by atoms with Gasteiger partial charge in [-0.1, -0.05) is 30.2 Å². The van der Waals surface area contributed by atoms with Gasteiger partial charge in [0.05, 0.1) is 11.7 Å². The first-order chi connectivity index (χ1) is 20.0. The van der Waals surface area contributed by atoms with Gasteiger partial charge in [-0.05, 0) is 72.5 Å². The molecule has 3 aromatic carbocycles. The lowest BCUT2D eigenvalue weighted by Gasteiger charge is -2.08. The number of hydrogen-bond donors (Lipinski definition) is 1. The van der Waals surface area contributed by atoms with Crippen molar-refractivity contribution in [2.75, 3.05) is 19.2 Å². The summed E-state index contributed by atoms with van der Waals surface area (Å²) in [6.07, 6.45) is 5.48. The molecular weight excluding hydrogens is 514 g/mol. The first kappa shape index (κ1) is 25.9. The van der Waals surface area contributed by atoms with Crippen LogP contribution in [0.25, 0.3) is 27.7 Å². The Balaban J connectivity index is 1.23. The van der Waals surface area contributed by atoms with Crippen molar-refractivity contribution in [2.45, 2.75) is 6.92 Å². The monoisotopic (exact) mass is 541 g/mol. The van der Waals surface area contributed by atoms with Crippen LogP contribution in [0.15, 0.2) is 91.4 Å². The van der Waals surface area contributed by atoms with Gasteiger partial charge in [0.25, 0.3) is 5.91 Å². The van der Waals surface area contributed by atoms with Crippen LogP contribution in [0.3, 0.4) is 0 Å². The number of hydrogen-bond acceptors (Lipinski definition) is 5. The number of amides is 1. The highest BCUT2D eigenvalue weighted by Gasteiger charge is 2.13. The number of nitrogens with zero attached hydrogens (tertiary/aromatic N) is 4. The molecule has 202 valence electrons. The number of rotatable bonds is 6. The van der Waals surface area contributed by atoms with E-state index in [-0.39, 0.29) is 12.7 Å². The number of nitrogens with one attached hydrogen (secondary N) is 1. The molecule has 8 nitrogen and oxygen atoms in total. The number of ether oxygens (including phenoxy) is 2. The number of fused-ring (bicyclic) bond motifs is 2. The molecule has 3 aromatic heterocycles. The van der Waals surface area contributed by atoms with Crippen LogP contribution in [0, 0.1) is 18.8 Å². The third-order valence-corrected chi connectivity index (χ3v) is 6.86. The highest BCUT2D eigenvalue weighted by atomic mass is 16.7. The average molecular weight is 542 g/mol. The van der Waals surface area contributed by atoms with E-state index in [9.17, 15) is 4.79 Å². The fourth-order valence-electron chi connectivity index (χ4n) is 4.70. The summed E-state index contributed by atoms with van der Waals surface area (Å²) in [6, 6.07) is 23.1. The van der Waals surface area contributed by atoms with Gasteiger partial charge in [-0.15, -0.1) is 0 Å². The Labute approximate surface area is 237 Å². The number of imidazole rings is 1. The summed E-state index contributed by atoms with van der Waals surface area (Å²) < 4.78 is 14.2. The Kier molecular flexibility index (Phi) is 6.94. The van der Waals surface area contributed by atoms with Crippen molar-refractivity contribution in [2.24, 2.45) is 7.05 Å². The van der Waals surface area contributed by atoms with Crippen molar-refractivity contribution in [1.29, 1.82) is 0 Å². The molecule has 0 aliphatic rings. The molecular formula is C33H27N5O3. The number of anilines is 1. The summed E-state index contributed by atoms with van der Waals surface area (Å²) in [4.78, 5) is 17.6. The Bertz CT molecular complexity index is 1960. The van der Waals surface area contributed by atoms with Crippen molar-refractivity contribution in [3.05, 3.63) is 114 Å². The quantitative estimate of drug-likeness (QED) is 0.212. The van der Waals surface area contributed by atoms with Gasteiger partial charge in [-0.25, -0.2) is 9.50 Å². The molecule has 0 atom stereocenters. The number of aromatic nitrogens is 4. The zero-order valence-electron chi connectivity index (χ0n) is 22.9. The fourth-order valence-corrected chi connectivity index (χ4v) is 4.70. The largest absolute Gasteiger partial charge is 0.468 e. The van der Waals surface area contributed by atoms with E-state index in [1.54, 1.807) is 24.0 Å². The summed E-state index contributed by atoms with van der Waals surface area (Å²) in [5.74, 6) is 6.86. The Morgan fingerprint density at radius 3 is 2.71 bits per heavy atom. The van der Waals surface area contributed by atoms with Gasteiger partial charge in [0.2, 0.25) is 0 Å². The summed E-state index contributed by atoms with van der Waals surface area (Å²) in [7, 11) is 3.59. The van der Waals surface area contributed by atoms with Crippen LogP contribution < -0.4 is 10.1 Å². The van der Waals surface area contributed by atoms with Gasteiger partial charge in [-0.3, -0.25) is 4.79 Å². The van der Waals surface area contributed by atoms with Crippen LogP contribution in [0.2, 0.25) is 0 Å². The van der Waals surface area contributed by atoms with Gasteiger partial charge < -0.3 is 19.4 Å². The minimum Gasteiger partial charge on any atom is -0.468 e. The SMILES string of the molecule is COCOc1ccc(-c2cn(C)c3cc(NC(=O)c4ccc(C)c(C#Cc5cnc6cccnn56)c4)ccc23)cc1. The molecule has 8 heteroatoms. The van der Waals surface area contributed by atoms with Crippen molar-refractivity contribution in [3.63, 3.8) is 0 Å². The molecule has 1 amide bonds. The summed E-state index contributed by atoms with van der Waals surface area (Å²) in [5.41, 5.74) is 7.58. The number of carbonyl (C=O) groups excluding carboxylic acids is 1. The van der Waals surface area contributed by atoms with E-state index in [1.165, 1.54) is 0 Å². The minimum absolute atomic E-state index is 0.204. The van der Waals surface area contributed by atoms with Crippen molar-refractivity contribution in [3.8, 4) is 28.7 Å². The molecule has 0 spiro atoms. The molecule has 0 aliphatic heterocycles. The highest BCUT2D eigenvalue weighted by molar-refractivity contribution is 6.06. The molecule has 0 unspecified atom stereocenters. The number of carbonyl (C=O) groups is 1. The zero-order chi connectivity index (χ0) is 28.3. The predicted octanol–water partition coefficient (Wildman–Crippen LogP) is 5.83. The smallest absolute Gasteiger partial charge is 0.255 e. The van der Waals surface area contributed by atoms with Crippen LogP contribution in [0.5, 0.6) is 5.75 Å². The molecule has 3 heterocycles. The van der Waals surface area contributed by atoms with Gasteiger partial charge in [0, 0.05) is 54.3 Å². The zero-order valence-corrected chi connectivity index (χ0v) is 22.9. The maximum absolute atomic E-state index is 13.2. The second-order valence-electron chi connectivity index (χ2n) is 9.63. The topological polar surface area (TPSA) is 82.7 Å². The summed E-state index contributed by atoms with van der Waals surface area (Å²) in [5, 5.41) is 8.43. The van der Waals surface area contributed by atoms with E-state index in [2.05, 4.69) is 38.0 Å². The van der Waals surface area contributed by atoms with E-state index in [0.717, 1.165) is 44.6 Å². The molecule has 0 radical (unpaired) electrons. The normalized spacial score (nSPS) is 10.9. The van der Waals surface area contributed by atoms with Crippen LogP contribution in [-0.2, 0) is 11.8 Å². The standard InChI is InChI=1S/C33H27N5O3/c1-22-6-7-25(17-24(22)8-12-27-19-34-32-5-4-16-35-38(27)32)33(39)36-26-11-15-29-30(20-37(2)31(29)18-26)23-9-13-28(14-10-23)41-21-40-3/h4-7,9-11,13-20H,21H2,1-3H3,(H,36,39). The Morgan fingerprint density at radius 2 is 1.88 bits per heavy atom. The van der Waals surface area contributed by atoms with Crippen molar-refractivity contribution >= 4 is 28.1 Å². The van der Waals surface area contributed by atoms with Gasteiger partial charge in [0.15, 0.2) is 12.4 Å². The van der Waals surface area contributed by atoms with Crippen LogP contribution in [-0.4, -0.2) is 39.0 Å². The second-order valence-corrected chi connectivity index (χ2v) is 9.63. The van der Waals surface area contributed by atoms with E-state index >= 15 is 0 Å². The second kappa shape index (κ2) is 11.0. The molecule has 0 fully saturated rings. The molecule has 41 heavy (non-hydrogen) atoms. The van der Waals surface area contributed by atoms with Crippen molar-refractivity contribution < 1.29 is 14.3 Å². The van der Waals surface area contributed by atoms with Gasteiger partial charge in [-0.2, -0.15) is 5.10 Å². The summed E-state index contributed by atoms with van der Waals surface area (Å²) >= 11 is 0. The van der Waals surface area contributed by atoms with E-state index in [0.29, 0.717) is 16.9 Å². The Morgan fingerprint density at radius 1 is 1.02 bits per heavy atom. The first-order valence-electron chi connectivity index (χ1n) is 13.0.